The van der Waals surface area contributed by atoms with E-state index < -0.39 is 6.10 Å². The highest BCUT2D eigenvalue weighted by molar-refractivity contribution is 5.95. The van der Waals surface area contributed by atoms with Gasteiger partial charge in [0.1, 0.15) is 17.2 Å². The molecule has 0 heterocycles. The molecule has 0 unspecified atom stereocenters. The largest absolute Gasteiger partial charge is 0.497 e. The molecule has 0 aliphatic heterocycles. The number of carbonyl (C=O) groups is 1. The molecule has 1 N–H and O–H groups in total. The van der Waals surface area contributed by atoms with Gasteiger partial charge in [-0.05, 0) is 38.1 Å². The maximum Gasteiger partial charge on any atom is 0.265 e. The molecule has 23 heavy (non-hydrogen) atoms. The third-order valence-electron chi connectivity index (χ3n) is 3.37. The fraction of sp³-hybridized carbons (Fsp3) is 0.278. The van der Waals surface area contributed by atoms with Gasteiger partial charge in [0, 0.05) is 6.07 Å². The monoisotopic (exact) mass is 315 g/mol. The molecule has 122 valence electrons. The molecule has 0 aromatic heterocycles. The Morgan fingerprint density at radius 1 is 1.00 bits per heavy atom. The van der Waals surface area contributed by atoms with E-state index in [9.17, 15) is 4.79 Å². The number of hydrogen-bond donors (Lipinski definition) is 1. The second-order valence-corrected chi connectivity index (χ2v) is 5.13. The summed E-state index contributed by atoms with van der Waals surface area (Å²) in [4.78, 5) is 12.3. The van der Waals surface area contributed by atoms with Gasteiger partial charge in [-0.15, -0.1) is 0 Å². The Kier molecular flexibility index (Phi) is 5.46. The highest BCUT2D eigenvalue weighted by Gasteiger charge is 2.17. The Morgan fingerprint density at radius 2 is 1.65 bits per heavy atom. The number of methoxy groups -OCH3 is 2. The molecular weight excluding hydrogens is 294 g/mol. The number of aryl methyl sites for hydroxylation is 1. The van der Waals surface area contributed by atoms with Gasteiger partial charge in [0.25, 0.3) is 5.91 Å². The lowest BCUT2D eigenvalue weighted by Gasteiger charge is -2.16. The molecule has 5 nitrogen and oxygen atoms in total. The number of benzene rings is 2. The molecule has 2 aromatic carbocycles. The molecule has 1 atom stereocenters. The van der Waals surface area contributed by atoms with Gasteiger partial charge in [0.05, 0.1) is 19.9 Å². The Bertz CT molecular complexity index is 667. The first-order valence-corrected chi connectivity index (χ1v) is 7.29. The fourth-order valence-electron chi connectivity index (χ4n) is 2.02. The predicted octanol–water partition coefficient (Wildman–Crippen LogP) is 3.42. The fourth-order valence-corrected chi connectivity index (χ4v) is 2.02. The van der Waals surface area contributed by atoms with Gasteiger partial charge < -0.3 is 19.5 Å². The molecule has 0 saturated carbocycles. The zero-order valence-electron chi connectivity index (χ0n) is 13.8. The summed E-state index contributed by atoms with van der Waals surface area (Å²) in [5.74, 6) is 1.57. The molecule has 0 aliphatic carbocycles. The summed E-state index contributed by atoms with van der Waals surface area (Å²) in [5.41, 5.74) is 1.67. The van der Waals surface area contributed by atoms with Gasteiger partial charge in [-0.25, -0.2) is 0 Å². The van der Waals surface area contributed by atoms with E-state index >= 15 is 0 Å². The van der Waals surface area contributed by atoms with Crippen LogP contribution in [-0.4, -0.2) is 26.2 Å². The summed E-state index contributed by atoms with van der Waals surface area (Å²) < 4.78 is 16.1. The third-order valence-corrected chi connectivity index (χ3v) is 3.37. The van der Waals surface area contributed by atoms with Gasteiger partial charge in [0.15, 0.2) is 6.10 Å². The van der Waals surface area contributed by atoms with Crippen molar-refractivity contribution in [1.29, 1.82) is 0 Å². The number of rotatable bonds is 6. The molecule has 1 amide bonds. The Hall–Kier alpha value is -2.69. The first kappa shape index (κ1) is 16.7. The van der Waals surface area contributed by atoms with E-state index in [4.69, 9.17) is 14.2 Å². The van der Waals surface area contributed by atoms with Crippen molar-refractivity contribution in [3.63, 3.8) is 0 Å². The van der Waals surface area contributed by atoms with Crippen LogP contribution in [0.4, 0.5) is 5.69 Å². The zero-order valence-corrected chi connectivity index (χ0v) is 13.8. The van der Waals surface area contributed by atoms with E-state index in [2.05, 4.69) is 5.32 Å². The lowest BCUT2D eigenvalue weighted by atomic mass is 10.2. The molecular formula is C18H21NO4. The van der Waals surface area contributed by atoms with E-state index in [-0.39, 0.29) is 5.91 Å². The van der Waals surface area contributed by atoms with Crippen LogP contribution >= 0.6 is 0 Å². The van der Waals surface area contributed by atoms with Crippen LogP contribution in [0.25, 0.3) is 0 Å². The number of anilines is 1. The van der Waals surface area contributed by atoms with E-state index in [1.165, 1.54) is 0 Å². The van der Waals surface area contributed by atoms with Crippen LogP contribution in [0, 0.1) is 6.92 Å². The highest BCUT2D eigenvalue weighted by Crippen LogP contribution is 2.29. The number of amides is 1. The maximum absolute atomic E-state index is 12.3. The summed E-state index contributed by atoms with van der Waals surface area (Å²) in [5, 5.41) is 2.80. The molecule has 2 rings (SSSR count). The summed E-state index contributed by atoms with van der Waals surface area (Å²) in [6.07, 6.45) is -0.645. The van der Waals surface area contributed by atoms with Crippen LogP contribution in [0.15, 0.2) is 42.5 Å². The zero-order chi connectivity index (χ0) is 16.8. The maximum atomic E-state index is 12.3. The SMILES string of the molecule is COc1ccc(OC)c(NC(=O)[C@@H](C)Oc2ccc(C)cc2)c1. The average Bonchev–Trinajstić information content (AvgIpc) is 2.56. The van der Waals surface area contributed by atoms with E-state index in [0.717, 1.165) is 5.56 Å². The average molecular weight is 315 g/mol. The van der Waals surface area contributed by atoms with Crippen LogP contribution in [-0.2, 0) is 4.79 Å². The molecule has 0 radical (unpaired) electrons. The summed E-state index contributed by atoms with van der Waals surface area (Å²) in [6, 6.07) is 12.8. The van der Waals surface area contributed by atoms with Crippen LogP contribution in [0.2, 0.25) is 0 Å². The highest BCUT2D eigenvalue weighted by atomic mass is 16.5. The first-order valence-electron chi connectivity index (χ1n) is 7.29. The van der Waals surface area contributed by atoms with Gasteiger partial charge in [-0.3, -0.25) is 4.79 Å². The minimum Gasteiger partial charge on any atom is -0.497 e. The summed E-state index contributed by atoms with van der Waals surface area (Å²) >= 11 is 0. The number of hydrogen-bond acceptors (Lipinski definition) is 4. The summed E-state index contributed by atoms with van der Waals surface area (Å²) in [7, 11) is 3.11. The van der Waals surface area contributed by atoms with E-state index in [1.54, 1.807) is 39.3 Å². The standard InChI is InChI=1S/C18H21NO4/c1-12-5-7-14(8-6-12)23-13(2)18(20)19-16-11-15(21-3)9-10-17(16)22-4/h5-11,13H,1-4H3,(H,19,20)/t13-/m1/s1. The second-order valence-electron chi connectivity index (χ2n) is 5.13. The smallest absolute Gasteiger partial charge is 0.265 e. The van der Waals surface area contributed by atoms with Crippen LogP contribution in [0.5, 0.6) is 17.2 Å². The number of nitrogens with one attached hydrogen (secondary N) is 1. The number of ether oxygens (including phenoxy) is 3. The predicted molar refractivity (Wildman–Crippen MR) is 89.4 cm³/mol. The van der Waals surface area contributed by atoms with Crippen LogP contribution in [0.3, 0.4) is 0 Å². The molecule has 0 saturated heterocycles. The molecule has 2 aromatic rings. The van der Waals surface area contributed by atoms with E-state index in [0.29, 0.717) is 22.9 Å². The normalized spacial score (nSPS) is 11.5. The van der Waals surface area contributed by atoms with Crippen LogP contribution in [0.1, 0.15) is 12.5 Å². The Balaban J connectivity index is 2.07. The quantitative estimate of drug-likeness (QED) is 0.887. The minimum absolute atomic E-state index is 0.267. The van der Waals surface area contributed by atoms with Gasteiger partial charge in [-0.1, -0.05) is 17.7 Å². The third kappa shape index (κ3) is 4.39. The van der Waals surface area contributed by atoms with Crippen molar-refractivity contribution >= 4 is 11.6 Å². The lowest BCUT2D eigenvalue weighted by molar-refractivity contribution is -0.122. The molecule has 0 bridgehead atoms. The first-order chi connectivity index (χ1) is 11.0. The number of carbonyl (C=O) groups excluding carboxylic acids is 1. The lowest BCUT2D eigenvalue weighted by Crippen LogP contribution is -2.30. The van der Waals surface area contributed by atoms with Gasteiger partial charge in [-0.2, -0.15) is 0 Å². The van der Waals surface area contributed by atoms with Crippen molar-refractivity contribution < 1.29 is 19.0 Å². The summed E-state index contributed by atoms with van der Waals surface area (Å²) in [6.45, 7) is 3.69. The molecule has 0 aliphatic rings. The van der Waals surface area contributed by atoms with Crippen molar-refractivity contribution in [2.45, 2.75) is 20.0 Å². The minimum atomic E-state index is -0.645. The van der Waals surface area contributed by atoms with Gasteiger partial charge in [0.2, 0.25) is 0 Å². The van der Waals surface area contributed by atoms with E-state index in [1.807, 2.05) is 31.2 Å². The van der Waals surface area contributed by atoms with Gasteiger partial charge >= 0.3 is 0 Å². The molecule has 0 fully saturated rings. The van der Waals surface area contributed by atoms with Crippen molar-refractivity contribution in [2.24, 2.45) is 0 Å². The van der Waals surface area contributed by atoms with Crippen molar-refractivity contribution in [3.05, 3.63) is 48.0 Å². The Morgan fingerprint density at radius 3 is 2.26 bits per heavy atom. The van der Waals surface area contributed by atoms with Crippen LogP contribution < -0.4 is 19.5 Å². The Labute approximate surface area is 136 Å². The topological polar surface area (TPSA) is 56.8 Å². The second kappa shape index (κ2) is 7.54. The molecule has 0 spiro atoms. The van der Waals surface area contributed by atoms with Crippen molar-refractivity contribution in [2.75, 3.05) is 19.5 Å². The van der Waals surface area contributed by atoms with Crippen molar-refractivity contribution in [1.82, 2.24) is 0 Å². The van der Waals surface area contributed by atoms with Crippen molar-refractivity contribution in [3.8, 4) is 17.2 Å². The molecule has 5 heteroatoms.